The second-order valence-corrected chi connectivity index (χ2v) is 5.68. The van der Waals surface area contributed by atoms with Gasteiger partial charge in [-0.1, -0.05) is 0 Å². The summed E-state index contributed by atoms with van der Waals surface area (Å²) in [5.74, 6) is 1.60. The molecule has 2 aliphatic heterocycles. The van der Waals surface area contributed by atoms with E-state index in [9.17, 15) is 0 Å². The average Bonchev–Trinajstić information content (AvgIpc) is 2.44. The predicted molar refractivity (Wildman–Crippen MR) is 76.3 cm³/mol. The van der Waals surface area contributed by atoms with E-state index in [2.05, 4.69) is 22.3 Å². The number of piperidine rings is 1. The van der Waals surface area contributed by atoms with Crippen molar-refractivity contribution in [2.45, 2.75) is 12.8 Å². The molecule has 2 aliphatic rings. The van der Waals surface area contributed by atoms with Crippen LogP contribution in [0, 0.1) is 5.41 Å². The van der Waals surface area contributed by atoms with Crippen LogP contribution in [0.4, 0.5) is 5.69 Å². The van der Waals surface area contributed by atoms with E-state index in [0.717, 1.165) is 31.1 Å². The van der Waals surface area contributed by atoms with Crippen molar-refractivity contribution in [1.29, 1.82) is 0 Å². The van der Waals surface area contributed by atoms with E-state index in [1.165, 1.54) is 25.1 Å². The zero-order valence-corrected chi connectivity index (χ0v) is 11.7. The maximum atomic E-state index is 5.37. The van der Waals surface area contributed by atoms with Crippen LogP contribution >= 0.6 is 0 Å². The van der Waals surface area contributed by atoms with Crippen LogP contribution in [0.1, 0.15) is 12.8 Å². The van der Waals surface area contributed by atoms with Crippen LogP contribution in [0.3, 0.4) is 0 Å². The molecule has 0 atom stereocenters. The molecule has 1 aromatic carbocycles. The summed E-state index contributed by atoms with van der Waals surface area (Å²) in [7, 11) is 3.36. The van der Waals surface area contributed by atoms with E-state index in [-0.39, 0.29) is 0 Å². The number of methoxy groups -OCH3 is 2. The van der Waals surface area contributed by atoms with Crippen LogP contribution in [0.5, 0.6) is 11.5 Å². The molecule has 0 aliphatic carbocycles. The number of hydrogen-bond acceptors (Lipinski definition) is 4. The Labute approximate surface area is 114 Å². The molecule has 0 radical (unpaired) electrons. The van der Waals surface area contributed by atoms with Crippen LogP contribution in [0.2, 0.25) is 0 Å². The van der Waals surface area contributed by atoms with Gasteiger partial charge in [0.15, 0.2) is 11.5 Å². The van der Waals surface area contributed by atoms with Gasteiger partial charge in [-0.3, -0.25) is 0 Å². The SMILES string of the molecule is COc1ccc(N2CC3(CCCNC3)C2)cc1OC. The van der Waals surface area contributed by atoms with E-state index < -0.39 is 0 Å². The molecule has 0 bridgehead atoms. The van der Waals surface area contributed by atoms with E-state index in [4.69, 9.17) is 9.47 Å². The summed E-state index contributed by atoms with van der Waals surface area (Å²) >= 11 is 0. The molecule has 104 valence electrons. The summed E-state index contributed by atoms with van der Waals surface area (Å²) in [6, 6.07) is 6.17. The Kier molecular flexibility index (Phi) is 3.27. The van der Waals surface area contributed by atoms with Crippen LogP contribution in [0.15, 0.2) is 18.2 Å². The molecule has 2 saturated heterocycles. The van der Waals surface area contributed by atoms with Gasteiger partial charge in [-0.25, -0.2) is 0 Å². The Morgan fingerprint density at radius 3 is 2.58 bits per heavy atom. The molecule has 2 heterocycles. The van der Waals surface area contributed by atoms with E-state index in [1.54, 1.807) is 14.2 Å². The molecule has 0 aromatic heterocycles. The highest BCUT2D eigenvalue weighted by Crippen LogP contribution is 2.41. The molecule has 0 saturated carbocycles. The molecule has 2 fully saturated rings. The summed E-state index contributed by atoms with van der Waals surface area (Å²) in [4.78, 5) is 2.43. The van der Waals surface area contributed by atoms with Gasteiger partial charge in [0.25, 0.3) is 0 Å². The first-order chi connectivity index (χ1) is 9.26. The van der Waals surface area contributed by atoms with Crippen molar-refractivity contribution < 1.29 is 9.47 Å². The summed E-state index contributed by atoms with van der Waals surface area (Å²) < 4.78 is 10.6. The lowest BCUT2D eigenvalue weighted by atomic mass is 9.74. The van der Waals surface area contributed by atoms with Crippen LogP contribution in [-0.4, -0.2) is 40.4 Å². The van der Waals surface area contributed by atoms with Gasteiger partial charge < -0.3 is 19.7 Å². The van der Waals surface area contributed by atoms with Gasteiger partial charge in [0, 0.05) is 36.8 Å². The standard InChI is InChI=1S/C15H22N2O2/c1-18-13-5-4-12(8-14(13)19-2)17-10-15(11-17)6-3-7-16-9-15/h4-5,8,16H,3,6-7,9-11H2,1-2H3. The quantitative estimate of drug-likeness (QED) is 0.902. The van der Waals surface area contributed by atoms with Gasteiger partial charge in [0.1, 0.15) is 0 Å². The molecular formula is C15H22N2O2. The monoisotopic (exact) mass is 262 g/mol. The number of rotatable bonds is 3. The highest BCUT2D eigenvalue weighted by Gasteiger charge is 2.43. The third-order valence-corrected chi connectivity index (χ3v) is 4.35. The Morgan fingerprint density at radius 2 is 1.95 bits per heavy atom. The molecule has 0 amide bonds. The lowest BCUT2D eigenvalue weighted by Crippen LogP contribution is -2.62. The average molecular weight is 262 g/mol. The molecule has 19 heavy (non-hydrogen) atoms. The minimum absolute atomic E-state index is 0.505. The zero-order valence-electron chi connectivity index (χ0n) is 11.7. The van der Waals surface area contributed by atoms with Crippen molar-refractivity contribution in [2.75, 3.05) is 45.3 Å². The Bertz CT molecular complexity index is 447. The first kappa shape index (κ1) is 12.6. The lowest BCUT2D eigenvalue weighted by Gasteiger charge is -2.53. The van der Waals surface area contributed by atoms with Crippen LogP contribution < -0.4 is 19.7 Å². The van der Waals surface area contributed by atoms with E-state index in [0.29, 0.717) is 5.41 Å². The summed E-state index contributed by atoms with van der Waals surface area (Å²) in [6.07, 6.45) is 2.66. The number of hydrogen-bond donors (Lipinski definition) is 1. The number of anilines is 1. The van der Waals surface area contributed by atoms with E-state index in [1.807, 2.05) is 6.07 Å². The molecule has 1 spiro atoms. The largest absolute Gasteiger partial charge is 0.493 e. The number of ether oxygens (including phenoxy) is 2. The first-order valence-corrected chi connectivity index (χ1v) is 6.94. The third-order valence-electron chi connectivity index (χ3n) is 4.35. The second-order valence-electron chi connectivity index (χ2n) is 5.68. The molecule has 1 N–H and O–H groups in total. The second kappa shape index (κ2) is 4.93. The fourth-order valence-electron chi connectivity index (χ4n) is 3.27. The van der Waals surface area contributed by atoms with Crippen molar-refractivity contribution in [3.05, 3.63) is 18.2 Å². The molecule has 3 rings (SSSR count). The Hall–Kier alpha value is -1.42. The normalized spacial score (nSPS) is 21.1. The van der Waals surface area contributed by atoms with Gasteiger partial charge in [0.05, 0.1) is 14.2 Å². The third kappa shape index (κ3) is 2.25. The Balaban J connectivity index is 1.71. The van der Waals surface area contributed by atoms with Crippen LogP contribution in [-0.2, 0) is 0 Å². The zero-order chi connectivity index (χ0) is 13.3. The summed E-state index contributed by atoms with van der Waals surface area (Å²) in [6.45, 7) is 4.64. The van der Waals surface area contributed by atoms with Gasteiger partial charge in [-0.2, -0.15) is 0 Å². The van der Waals surface area contributed by atoms with Gasteiger partial charge >= 0.3 is 0 Å². The van der Waals surface area contributed by atoms with Crippen molar-refractivity contribution in [2.24, 2.45) is 5.41 Å². The maximum Gasteiger partial charge on any atom is 0.162 e. The van der Waals surface area contributed by atoms with Gasteiger partial charge in [0.2, 0.25) is 0 Å². The first-order valence-electron chi connectivity index (χ1n) is 6.94. The lowest BCUT2D eigenvalue weighted by molar-refractivity contribution is 0.157. The predicted octanol–water partition coefficient (Wildman–Crippen LogP) is 1.89. The molecular weight excluding hydrogens is 240 g/mol. The highest BCUT2D eigenvalue weighted by molar-refractivity contribution is 5.58. The summed E-state index contributed by atoms with van der Waals surface area (Å²) in [5, 5.41) is 3.52. The van der Waals surface area contributed by atoms with Gasteiger partial charge in [-0.05, 0) is 31.5 Å². The number of benzene rings is 1. The van der Waals surface area contributed by atoms with Crippen LogP contribution in [0.25, 0.3) is 0 Å². The van der Waals surface area contributed by atoms with Crippen molar-refractivity contribution >= 4 is 5.69 Å². The highest BCUT2D eigenvalue weighted by atomic mass is 16.5. The molecule has 4 heteroatoms. The topological polar surface area (TPSA) is 33.7 Å². The maximum absolute atomic E-state index is 5.37. The Morgan fingerprint density at radius 1 is 1.16 bits per heavy atom. The smallest absolute Gasteiger partial charge is 0.162 e. The minimum atomic E-state index is 0.505. The molecule has 0 unspecified atom stereocenters. The summed E-state index contributed by atoms with van der Waals surface area (Å²) in [5.41, 5.74) is 1.74. The van der Waals surface area contributed by atoms with Gasteiger partial charge in [-0.15, -0.1) is 0 Å². The molecule has 4 nitrogen and oxygen atoms in total. The minimum Gasteiger partial charge on any atom is -0.493 e. The van der Waals surface area contributed by atoms with E-state index >= 15 is 0 Å². The van der Waals surface area contributed by atoms with Crippen molar-refractivity contribution in [3.8, 4) is 11.5 Å². The van der Waals surface area contributed by atoms with Crippen molar-refractivity contribution in [3.63, 3.8) is 0 Å². The fraction of sp³-hybridized carbons (Fsp3) is 0.600. The fourth-order valence-corrected chi connectivity index (χ4v) is 3.27. The number of nitrogens with zero attached hydrogens (tertiary/aromatic N) is 1. The number of nitrogens with one attached hydrogen (secondary N) is 1. The van der Waals surface area contributed by atoms with Crippen molar-refractivity contribution in [1.82, 2.24) is 5.32 Å². The molecule has 1 aromatic rings.